The second-order valence-electron chi connectivity index (χ2n) is 5.32. The summed E-state index contributed by atoms with van der Waals surface area (Å²) in [5.74, 6) is 0.467. The van der Waals surface area contributed by atoms with Crippen molar-refractivity contribution in [2.75, 3.05) is 6.61 Å². The fourth-order valence-corrected chi connectivity index (χ4v) is 4.34. The molecule has 0 spiro atoms. The van der Waals surface area contributed by atoms with Crippen LogP contribution in [0.3, 0.4) is 0 Å². The fourth-order valence-electron chi connectivity index (χ4n) is 3.06. The topological polar surface area (TPSA) is 142 Å². The van der Waals surface area contributed by atoms with Crippen molar-refractivity contribution in [1.29, 1.82) is 0 Å². The van der Waals surface area contributed by atoms with E-state index in [4.69, 9.17) is 22.9 Å². The third kappa shape index (κ3) is 1.56. The van der Waals surface area contributed by atoms with Crippen LogP contribution in [0.15, 0.2) is 16.9 Å². The molecule has 12 heteroatoms. The number of imidazole rings is 1. The molecule has 3 aromatic rings. The van der Waals surface area contributed by atoms with Crippen molar-refractivity contribution in [3.05, 3.63) is 23.6 Å². The van der Waals surface area contributed by atoms with E-state index in [0.29, 0.717) is 34.9 Å². The van der Waals surface area contributed by atoms with Gasteiger partial charge in [0.25, 0.3) is 5.88 Å². The molecule has 0 amide bonds. The minimum atomic E-state index is -3.90. The summed E-state index contributed by atoms with van der Waals surface area (Å²) in [6, 6.07) is 1.62. The number of phosphoric ester groups is 1. The van der Waals surface area contributed by atoms with Crippen LogP contribution in [0.4, 0.5) is 0 Å². The Morgan fingerprint density at radius 1 is 1.33 bits per heavy atom. The molecule has 24 heavy (non-hydrogen) atoms. The maximum atomic E-state index is 12.9. The molecule has 0 aromatic carbocycles. The molecule has 124 valence electrons. The highest BCUT2D eigenvalue weighted by atomic mass is 31.2. The van der Waals surface area contributed by atoms with Gasteiger partial charge < -0.3 is 19.3 Å². The molecule has 6 heterocycles. The van der Waals surface area contributed by atoms with E-state index in [2.05, 4.69) is 15.1 Å². The number of pyridine rings is 1. The number of fused-ring (bicyclic) bond motifs is 1. The predicted molar refractivity (Wildman–Crippen MR) is 74.9 cm³/mol. The first-order valence-corrected chi connectivity index (χ1v) is 8.30. The quantitative estimate of drug-likeness (QED) is 0.581. The lowest BCUT2D eigenvalue weighted by Crippen LogP contribution is -2.24. The summed E-state index contributed by atoms with van der Waals surface area (Å²) in [5, 5.41) is 3.86. The average Bonchev–Trinajstić information content (AvgIpc) is 3.11. The van der Waals surface area contributed by atoms with Gasteiger partial charge in [0.2, 0.25) is 0 Å². The SMILES string of the molecule is O.O=P12Oc3nc4c(c5c3nc(-c3ccon3)n5O1)COCC4O2. The fraction of sp³-hybridized carbons (Fsp3) is 0.250. The number of hydrogen-bond acceptors (Lipinski definition) is 9. The summed E-state index contributed by atoms with van der Waals surface area (Å²) >= 11 is 0. The zero-order valence-corrected chi connectivity index (χ0v) is 12.7. The zero-order chi connectivity index (χ0) is 15.2. The van der Waals surface area contributed by atoms with Gasteiger partial charge in [0.1, 0.15) is 17.9 Å². The summed E-state index contributed by atoms with van der Waals surface area (Å²) in [7, 11) is -3.90. The highest BCUT2D eigenvalue weighted by Gasteiger charge is 2.48. The normalized spacial score (nSPS) is 25.9. The van der Waals surface area contributed by atoms with Crippen molar-refractivity contribution in [2.24, 2.45) is 0 Å². The number of rotatable bonds is 1. The van der Waals surface area contributed by atoms with Gasteiger partial charge in [0.05, 0.1) is 18.9 Å². The van der Waals surface area contributed by atoms with Gasteiger partial charge in [0, 0.05) is 11.6 Å². The number of phosphoric acid groups is 1. The molecule has 3 aliphatic rings. The molecule has 2 unspecified atom stereocenters. The van der Waals surface area contributed by atoms with Crippen molar-refractivity contribution in [2.45, 2.75) is 12.7 Å². The van der Waals surface area contributed by atoms with Gasteiger partial charge in [-0.15, -0.1) is 4.73 Å². The van der Waals surface area contributed by atoms with Crippen LogP contribution in [0.2, 0.25) is 0 Å². The monoisotopic (exact) mass is 352 g/mol. The third-order valence-electron chi connectivity index (χ3n) is 3.98. The first kappa shape index (κ1) is 13.9. The van der Waals surface area contributed by atoms with Crippen molar-refractivity contribution >= 4 is 18.9 Å². The number of nitrogens with zero attached hydrogens (tertiary/aromatic N) is 4. The Hall–Kier alpha value is -2.46. The first-order valence-electron chi connectivity index (χ1n) is 6.84. The van der Waals surface area contributed by atoms with E-state index < -0.39 is 13.9 Å². The van der Waals surface area contributed by atoms with Crippen LogP contribution in [0, 0.1) is 0 Å². The zero-order valence-electron chi connectivity index (χ0n) is 11.8. The first-order chi connectivity index (χ1) is 11.2. The van der Waals surface area contributed by atoms with Gasteiger partial charge in [-0.1, -0.05) is 5.16 Å². The summed E-state index contributed by atoms with van der Waals surface area (Å²) in [6.07, 6.45) is 0.825. The molecular formula is C12H9N4O7P. The molecule has 11 nitrogen and oxygen atoms in total. The molecular weight excluding hydrogens is 343 g/mol. The number of hydrogen-bond donors (Lipinski definition) is 0. The maximum absolute atomic E-state index is 12.9. The average molecular weight is 352 g/mol. The van der Waals surface area contributed by atoms with Crippen LogP contribution >= 0.6 is 7.82 Å². The van der Waals surface area contributed by atoms with Crippen molar-refractivity contribution in [3.8, 4) is 17.4 Å². The Labute approximate surface area is 133 Å². The molecule has 0 aliphatic carbocycles. The van der Waals surface area contributed by atoms with E-state index in [1.165, 1.54) is 11.0 Å². The maximum Gasteiger partial charge on any atom is 0.609 e. The summed E-state index contributed by atoms with van der Waals surface area (Å²) in [5.41, 5.74) is 2.89. The van der Waals surface area contributed by atoms with Crippen LogP contribution in [0.25, 0.3) is 22.6 Å². The van der Waals surface area contributed by atoms with Crippen LogP contribution in [0.1, 0.15) is 17.4 Å². The van der Waals surface area contributed by atoms with E-state index in [-0.39, 0.29) is 18.0 Å². The lowest BCUT2D eigenvalue weighted by molar-refractivity contribution is 0.00202. The van der Waals surface area contributed by atoms with E-state index >= 15 is 0 Å². The Morgan fingerprint density at radius 3 is 3.08 bits per heavy atom. The molecule has 0 radical (unpaired) electrons. The number of aromatic nitrogens is 4. The second-order valence-corrected chi connectivity index (χ2v) is 6.77. The Morgan fingerprint density at radius 2 is 2.25 bits per heavy atom. The standard InChI is InChI=1S/C12H7N4O6P.H2O/c17-23-20-7-4-18-3-5-8(7)14-12(21-23)9-10(5)16(22-23)11(13-9)6-1-2-19-15-6;/h1-2,7H,3-4H2;1H2. The van der Waals surface area contributed by atoms with Crippen LogP contribution in [0.5, 0.6) is 5.88 Å². The minimum Gasteiger partial charge on any atom is -0.412 e. The predicted octanol–water partition coefficient (Wildman–Crippen LogP) is 0.792. The van der Waals surface area contributed by atoms with Crippen LogP contribution in [-0.4, -0.2) is 31.9 Å². The van der Waals surface area contributed by atoms with E-state index in [0.717, 1.165) is 5.56 Å². The molecule has 3 aromatic heterocycles. The number of ether oxygens (including phenoxy) is 1. The van der Waals surface area contributed by atoms with Crippen LogP contribution < -0.4 is 9.15 Å². The van der Waals surface area contributed by atoms with E-state index in [1.807, 2.05) is 0 Å². The second kappa shape index (κ2) is 4.33. The smallest absolute Gasteiger partial charge is 0.412 e. The lowest BCUT2D eigenvalue weighted by Gasteiger charge is -2.27. The molecule has 3 aliphatic heterocycles. The molecule has 2 atom stereocenters. The minimum absolute atomic E-state index is 0. The summed E-state index contributed by atoms with van der Waals surface area (Å²) in [4.78, 5) is 8.89. The summed E-state index contributed by atoms with van der Waals surface area (Å²) in [6.45, 7) is 0.572. The van der Waals surface area contributed by atoms with Crippen molar-refractivity contribution in [1.82, 2.24) is 19.9 Å². The summed E-state index contributed by atoms with van der Waals surface area (Å²) < 4.78 is 41.1. The molecule has 0 saturated carbocycles. The van der Waals surface area contributed by atoms with Crippen LogP contribution in [-0.2, 0) is 20.4 Å². The van der Waals surface area contributed by atoms with Gasteiger partial charge in [-0.2, -0.15) is 0 Å². The van der Waals surface area contributed by atoms with Gasteiger partial charge in [-0.25, -0.2) is 14.5 Å². The highest BCUT2D eigenvalue weighted by Crippen LogP contribution is 2.58. The van der Waals surface area contributed by atoms with E-state index in [1.54, 1.807) is 6.07 Å². The molecule has 6 rings (SSSR count). The Balaban J connectivity index is 0.00000131. The van der Waals surface area contributed by atoms with Gasteiger partial charge >= 0.3 is 7.82 Å². The van der Waals surface area contributed by atoms with Crippen molar-refractivity contribution in [3.63, 3.8) is 0 Å². The molecule has 6 bridgehead atoms. The van der Waals surface area contributed by atoms with E-state index in [9.17, 15) is 4.57 Å². The van der Waals surface area contributed by atoms with Gasteiger partial charge in [0.15, 0.2) is 17.0 Å². The lowest BCUT2D eigenvalue weighted by atomic mass is 10.1. The largest absolute Gasteiger partial charge is 0.609 e. The molecule has 2 N–H and O–H groups in total. The molecule has 0 saturated heterocycles. The Bertz CT molecular complexity index is 1030. The van der Waals surface area contributed by atoms with Gasteiger partial charge in [-0.05, 0) is 0 Å². The van der Waals surface area contributed by atoms with Gasteiger partial charge in [-0.3, -0.25) is 9.15 Å². The highest BCUT2D eigenvalue weighted by molar-refractivity contribution is 7.49. The van der Waals surface area contributed by atoms with Crippen molar-refractivity contribution < 1.29 is 33.0 Å². The Kier molecular flexibility index (Phi) is 2.52. The third-order valence-corrected chi connectivity index (χ3v) is 5.25. The molecule has 0 fully saturated rings.